The highest BCUT2D eigenvalue weighted by atomic mass is 16.5. The van der Waals surface area contributed by atoms with Crippen LogP contribution in [0.2, 0.25) is 0 Å². The fourth-order valence-electron chi connectivity index (χ4n) is 2.59. The number of nitrogens with one attached hydrogen (secondary N) is 1. The van der Waals surface area contributed by atoms with E-state index in [9.17, 15) is 4.79 Å². The van der Waals surface area contributed by atoms with Crippen LogP contribution in [0, 0.1) is 5.92 Å². The molecule has 1 aliphatic rings. The number of hydrogen-bond acceptors (Lipinski definition) is 4. The molecule has 0 aromatic heterocycles. The first-order chi connectivity index (χ1) is 9.67. The monoisotopic (exact) mass is 277 g/mol. The fourth-order valence-corrected chi connectivity index (χ4v) is 2.59. The van der Waals surface area contributed by atoms with Gasteiger partial charge < -0.3 is 20.7 Å². The molecule has 0 spiro atoms. The molecule has 1 aromatic rings. The van der Waals surface area contributed by atoms with Gasteiger partial charge in [0.2, 0.25) is 5.91 Å². The van der Waals surface area contributed by atoms with Crippen molar-refractivity contribution in [2.75, 3.05) is 44.4 Å². The summed E-state index contributed by atoms with van der Waals surface area (Å²) in [6, 6.07) is 7.25. The van der Waals surface area contributed by atoms with Gasteiger partial charge in [-0.05, 0) is 37.1 Å². The van der Waals surface area contributed by atoms with Crippen LogP contribution in [-0.2, 0) is 9.53 Å². The van der Waals surface area contributed by atoms with Crippen molar-refractivity contribution >= 4 is 17.3 Å². The number of nitrogens with two attached hydrogens (primary N) is 1. The zero-order chi connectivity index (χ0) is 14.4. The van der Waals surface area contributed by atoms with Gasteiger partial charge >= 0.3 is 0 Å². The van der Waals surface area contributed by atoms with E-state index in [-0.39, 0.29) is 5.91 Å². The maximum atomic E-state index is 11.9. The molecule has 3 N–H and O–H groups in total. The number of methoxy groups -OCH3 is 1. The number of benzene rings is 1. The van der Waals surface area contributed by atoms with Gasteiger partial charge in [0.15, 0.2) is 0 Å². The third-order valence-electron chi connectivity index (χ3n) is 3.60. The molecule has 1 aromatic carbocycles. The van der Waals surface area contributed by atoms with Crippen molar-refractivity contribution in [3.05, 3.63) is 24.3 Å². The van der Waals surface area contributed by atoms with E-state index in [1.807, 2.05) is 12.1 Å². The van der Waals surface area contributed by atoms with Crippen LogP contribution in [0.3, 0.4) is 0 Å². The Labute approximate surface area is 120 Å². The molecule has 1 atom stereocenters. The summed E-state index contributed by atoms with van der Waals surface area (Å²) in [6.45, 7) is 3.69. The maximum absolute atomic E-state index is 11.9. The SMILES string of the molecule is COCC1CCN(CCC(=O)Nc2cccc(N)c2)C1. The van der Waals surface area contributed by atoms with E-state index in [1.54, 1.807) is 19.2 Å². The summed E-state index contributed by atoms with van der Waals surface area (Å²) in [5.74, 6) is 0.641. The highest BCUT2D eigenvalue weighted by Gasteiger charge is 2.22. The second-order valence-electron chi connectivity index (χ2n) is 5.33. The summed E-state index contributed by atoms with van der Waals surface area (Å²) >= 11 is 0. The molecule has 5 heteroatoms. The molecule has 0 saturated carbocycles. The van der Waals surface area contributed by atoms with Crippen LogP contribution >= 0.6 is 0 Å². The first-order valence-corrected chi connectivity index (χ1v) is 7.04. The van der Waals surface area contributed by atoms with Crippen molar-refractivity contribution in [3.8, 4) is 0 Å². The van der Waals surface area contributed by atoms with Crippen LogP contribution in [0.5, 0.6) is 0 Å². The highest BCUT2D eigenvalue weighted by Crippen LogP contribution is 2.17. The van der Waals surface area contributed by atoms with Crippen LogP contribution in [-0.4, -0.2) is 44.2 Å². The molecule has 1 fully saturated rings. The van der Waals surface area contributed by atoms with Crippen LogP contribution in [0.4, 0.5) is 11.4 Å². The standard InChI is InChI=1S/C15H23N3O2/c1-20-11-12-5-7-18(10-12)8-6-15(19)17-14-4-2-3-13(16)9-14/h2-4,9,12H,5-8,10-11,16H2,1H3,(H,17,19). The zero-order valence-electron chi connectivity index (χ0n) is 12.0. The summed E-state index contributed by atoms with van der Waals surface area (Å²) in [5, 5.41) is 2.87. The zero-order valence-corrected chi connectivity index (χ0v) is 12.0. The van der Waals surface area contributed by atoms with Gasteiger partial charge in [0, 0.05) is 38.0 Å². The molecule has 20 heavy (non-hydrogen) atoms. The first-order valence-electron chi connectivity index (χ1n) is 7.04. The quantitative estimate of drug-likeness (QED) is 0.774. The van der Waals surface area contributed by atoms with Crippen molar-refractivity contribution in [3.63, 3.8) is 0 Å². The van der Waals surface area contributed by atoms with E-state index in [4.69, 9.17) is 10.5 Å². The Balaban J connectivity index is 1.70. The molecule has 110 valence electrons. The smallest absolute Gasteiger partial charge is 0.225 e. The lowest BCUT2D eigenvalue weighted by atomic mass is 10.1. The Morgan fingerprint density at radius 2 is 2.40 bits per heavy atom. The van der Waals surface area contributed by atoms with Crippen molar-refractivity contribution in [2.24, 2.45) is 5.92 Å². The van der Waals surface area contributed by atoms with E-state index >= 15 is 0 Å². The third kappa shape index (κ3) is 4.51. The van der Waals surface area contributed by atoms with E-state index in [0.29, 0.717) is 18.0 Å². The van der Waals surface area contributed by atoms with Gasteiger partial charge in [-0.3, -0.25) is 4.79 Å². The number of hydrogen-bond donors (Lipinski definition) is 2. The van der Waals surface area contributed by atoms with Gasteiger partial charge in [-0.1, -0.05) is 6.07 Å². The minimum absolute atomic E-state index is 0.0331. The van der Waals surface area contributed by atoms with Gasteiger partial charge in [-0.15, -0.1) is 0 Å². The molecule has 1 amide bonds. The summed E-state index contributed by atoms with van der Waals surface area (Å²) in [5.41, 5.74) is 7.10. The van der Waals surface area contributed by atoms with Crippen molar-refractivity contribution in [1.82, 2.24) is 4.90 Å². The average molecular weight is 277 g/mol. The maximum Gasteiger partial charge on any atom is 0.225 e. The molecule has 1 aliphatic heterocycles. The summed E-state index contributed by atoms with van der Waals surface area (Å²) < 4.78 is 5.17. The minimum Gasteiger partial charge on any atom is -0.399 e. The molecular weight excluding hydrogens is 254 g/mol. The number of anilines is 2. The number of nitrogens with zero attached hydrogens (tertiary/aromatic N) is 1. The Bertz CT molecular complexity index is 450. The molecule has 1 unspecified atom stereocenters. The largest absolute Gasteiger partial charge is 0.399 e. The predicted octanol–water partition coefficient (Wildman–Crippen LogP) is 1.57. The Kier molecular flexibility index (Phi) is 5.38. The van der Waals surface area contributed by atoms with Gasteiger partial charge in [0.25, 0.3) is 0 Å². The second kappa shape index (κ2) is 7.26. The lowest BCUT2D eigenvalue weighted by Gasteiger charge is -2.15. The van der Waals surface area contributed by atoms with Crippen LogP contribution in [0.1, 0.15) is 12.8 Å². The average Bonchev–Trinajstić information content (AvgIpc) is 2.85. The molecule has 2 rings (SSSR count). The number of nitrogen functional groups attached to an aromatic ring is 1. The number of carbonyl (C=O) groups excluding carboxylic acids is 1. The molecule has 0 radical (unpaired) electrons. The fraction of sp³-hybridized carbons (Fsp3) is 0.533. The minimum atomic E-state index is 0.0331. The summed E-state index contributed by atoms with van der Waals surface area (Å²) in [7, 11) is 1.74. The second-order valence-corrected chi connectivity index (χ2v) is 5.33. The number of ether oxygens (including phenoxy) is 1. The Morgan fingerprint density at radius 3 is 3.15 bits per heavy atom. The van der Waals surface area contributed by atoms with Crippen molar-refractivity contribution in [2.45, 2.75) is 12.8 Å². The van der Waals surface area contributed by atoms with Gasteiger partial charge in [-0.25, -0.2) is 0 Å². The van der Waals surface area contributed by atoms with Gasteiger partial charge in [-0.2, -0.15) is 0 Å². The number of carbonyl (C=O) groups is 1. The lowest BCUT2D eigenvalue weighted by Crippen LogP contribution is -2.26. The number of likely N-dealkylation sites (tertiary alicyclic amines) is 1. The first kappa shape index (κ1) is 14.8. The highest BCUT2D eigenvalue weighted by molar-refractivity contribution is 5.91. The van der Waals surface area contributed by atoms with Gasteiger partial charge in [0.1, 0.15) is 0 Å². The molecule has 0 aliphatic carbocycles. The topological polar surface area (TPSA) is 67.6 Å². The van der Waals surface area contributed by atoms with E-state index < -0.39 is 0 Å². The number of rotatable bonds is 6. The molecular formula is C15H23N3O2. The van der Waals surface area contributed by atoms with E-state index in [0.717, 1.165) is 38.3 Å². The molecule has 1 saturated heterocycles. The van der Waals surface area contributed by atoms with Crippen LogP contribution in [0.15, 0.2) is 24.3 Å². The normalized spacial score (nSPS) is 19.1. The summed E-state index contributed by atoms with van der Waals surface area (Å²) in [4.78, 5) is 14.2. The third-order valence-corrected chi connectivity index (χ3v) is 3.60. The van der Waals surface area contributed by atoms with Crippen molar-refractivity contribution < 1.29 is 9.53 Å². The molecule has 1 heterocycles. The van der Waals surface area contributed by atoms with E-state index in [2.05, 4.69) is 10.2 Å². The summed E-state index contributed by atoms with van der Waals surface area (Å²) in [6.07, 6.45) is 1.67. The Hall–Kier alpha value is -1.59. The predicted molar refractivity (Wildman–Crippen MR) is 80.5 cm³/mol. The van der Waals surface area contributed by atoms with Crippen LogP contribution < -0.4 is 11.1 Å². The Morgan fingerprint density at radius 1 is 1.55 bits per heavy atom. The van der Waals surface area contributed by atoms with Crippen molar-refractivity contribution in [1.29, 1.82) is 0 Å². The molecule has 5 nitrogen and oxygen atoms in total. The number of amides is 1. The van der Waals surface area contributed by atoms with E-state index in [1.165, 1.54) is 0 Å². The van der Waals surface area contributed by atoms with Crippen LogP contribution in [0.25, 0.3) is 0 Å². The molecule has 0 bridgehead atoms. The lowest BCUT2D eigenvalue weighted by molar-refractivity contribution is -0.116. The van der Waals surface area contributed by atoms with Gasteiger partial charge in [0.05, 0.1) is 6.61 Å².